The minimum atomic E-state index is -0.684. The molecule has 0 aromatic rings. The van der Waals surface area contributed by atoms with E-state index < -0.39 is 5.97 Å². The van der Waals surface area contributed by atoms with Crippen molar-refractivity contribution < 1.29 is 9.90 Å². The first-order chi connectivity index (χ1) is 11.8. The summed E-state index contributed by atoms with van der Waals surface area (Å²) in [6, 6.07) is 0. The van der Waals surface area contributed by atoms with Gasteiger partial charge in [0.25, 0.3) is 0 Å². The maximum atomic E-state index is 10.4. The number of thioether (sulfide) groups is 1. The van der Waals surface area contributed by atoms with Crippen molar-refractivity contribution in [1.29, 1.82) is 0 Å². The Balaban J connectivity index is 3.18. The van der Waals surface area contributed by atoms with Crippen molar-refractivity contribution in [3.8, 4) is 0 Å². The van der Waals surface area contributed by atoms with Crippen molar-refractivity contribution in [2.24, 2.45) is 0 Å². The second kappa shape index (κ2) is 20.1. The monoisotopic (exact) mass is 352 g/mol. The van der Waals surface area contributed by atoms with E-state index in [0.717, 1.165) is 30.8 Å². The maximum absolute atomic E-state index is 10.4. The molecule has 0 heterocycles. The Hall–Kier alpha value is -0.960. The summed E-state index contributed by atoms with van der Waals surface area (Å²) in [5, 5.41) is 8.53. The van der Waals surface area contributed by atoms with E-state index in [4.69, 9.17) is 5.11 Å². The molecule has 0 spiro atoms. The van der Waals surface area contributed by atoms with Crippen molar-refractivity contribution in [1.82, 2.24) is 0 Å². The molecule has 0 aromatic carbocycles. The van der Waals surface area contributed by atoms with Gasteiger partial charge in [0, 0.05) is 5.75 Å². The smallest absolute Gasteiger partial charge is 0.304 e. The van der Waals surface area contributed by atoms with Crippen LogP contribution in [0.5, 0.6) is 0 Å². The van der Waals surface area contributed by atoms with Gasteiger partial charge in [0.15, 0.2) is 0 Å². The van der Waals surface area contributed by atoms with Crippen LogP contribution in [0.4, 0.5) is 0 Å². The summed E-state index contributed by atoms with van der Waals surface area (Å²) < 4.78 is 0. The summed E-state index contributed by atoms with van der Waals surface area (Å²) in [6.45, 7) is 2.16. The highest BCUT2D eigenvalue weighted by molar-refractivity contribution is 7.99. The molecule has 0 bridgehead atoms. The molecule has 138 valence electrons. The largest absolute Gasteiger partial charge is 0.481 e. The zero-order chi connectivity index (χ0) is 17.7. The van der Waals surface area contributed by atoms with Crippen LogP contribution in [-0.4, -0.2) is 22.6 Å². The first kappa shape index (κ1) is 23.0. The minimum absolute atomic E-state index is 0.296. The molecule has 24 heavy (non-hydrogen) atoms. The van der Waals surface area contributed by atoms with Crippen molar-refractivity contribution >= 4 is 17.7 Å². The molecule has 0 atom stereocenters. The zero-order valence-corrected chi connectivity index (χ0v) is 16.2. The van der Waals surface area contributed by atoms with Crippen molar-refractivity contribution in [3.05, 3.63) is 36.5 Å². The number of carboxylic acid groups (broad SMARTS) is 1. The van der Waals surface area contributed by atoms with E-state index in [9.17, 15) is 4.79 Å². The average molecular weight is 353 g/mol. The van der Waals surface area contributed by atoms with Crippen LogP contribution >= 0.6 is 11.8 Å². The van der Waals surface area contributed by atoms with Crippen LogP contribution in [-0.2, 0) is 4.79 Å². The van der Waals surface area contributed by atoms with Crippen molar-refractivity contribution in [2.75, 3.05) is 11.5 Å². The summed E-state index contributed by atoms with van der Waals surface area (Å²) in [5.41, 5.74) is 0. The molecule has 0 amide bonds. The third-order valence-electron chi connectivity index (χ3n) is 3.65. The first-order valence-electron chi connectivity index (χ1n) is 9.52. The Morgan fingerprint density at radius 3 is 2.04 bits per heavy atom. The lowest BCUT2D eigenvalue weighted by Gasteiger charge is -2.01. The molecule has 0 aliphatic carbocycles. The van der Waals surface area contributed by atoms with E-state index in [1.54, 1.807) is 11.8 Å². The van der Waals surface area contributed by atoms with Crippen LogP contribution in [0, 0.1) is 0 Å². The quantitative estimate of drug-likeness (QED) is 0.231. The van der Waals surface area contributed by atoms with E-state index in [-0.39, 0.29) is 0 Å². The Labute approximate surface area is 153 Å². The second-order valence-corrected chi connectivity index (χ2v) is 7.18. The van der Waals surface area contributed by atoms with Crippen LogP contribution in [0.2, 0.25) is 0 Å². The molecular weight excluding hydrogens is 316 g/mol. The number of unbranched alkanes of at least 4 members (excludes halogenated alkanes) is 6. The Morgan fingerprint density at radius 1 is 0.792 bits per heavy atom. The van der Waals surface area contributed by atoms with Gasteiger partial charge in [-0.05, 0) is 44.3 Å². The fourth-order valence-electron chi connectivity index (χ4n) is 2.26. The highest BCUT2D eigenvalue weighted by atomic mass is 32.2. The number of hydrogen-bond donors (Lipinski definition) is 1. The number of allylic oxidation sites excluding steroid dienone is 6. The third kappa shape index (κ3) is 21.0. The van der Waals surface area contributed by atoms with Gasteiger partial charge < -0.3 is 5.11 Å². The molecule has 0 unspecified atom stereocenters. The van der Waals surface area contributed by atoms with Gasteiger partial charge in [0.05, 0.1) is 6.42 Å². The molecule has 0 aromatic heterocycles. The molecule has 0 aliphatic heterocycles. The van der Waals surface area contributed by atoms with E-state index >= 15 is 0 Å². The molecular formula is C21H36O2S. The highest BCUT2D eigenvalue weighted by Crippen LogP contribution is 2.11. The molecule has 0 rings (SSSR count). The average Bonchev–Trinajstić information content (AvgIpc) is 2.56. The van der Waals surface area contributed by atoms with Gasteiger partial charge in [-0.15, -0.1) is 0 Å². The van der Waals surface area contributed by atoms with Gasteiger partial charge in [-0.2, -0.15) is 11.8 Å². The lowest BCUT2D eigenvalue weighted by molar-refractivity contribution is -0.136. The number of hydrogen-bond acceptors (Lipinski definition) is 2. The fraction of sp³-hybridized carbons (Fsp3) is 0.667. The molecule has 0 radical (unpaired) electrons. The molecule has 0 aliphatic rings. The van der Waals surface area contributed by atoms with Crippen LogP contribution in [0.25, 0.3) is 0 Å². The van der Waals surface area contributed by atoms with Gasteiger partial charge in [-0.3, -0.25) is 4.79 Å². The zero-order valence-electron chi connectivity index (χ0n) is 15.4. The first-order valence-corrected chi connectivity index (χ1v) is 10.7. The van der Waals surface area contributed by atoms with Crippen molar-refractivity contribution in [2.45, 2.75) is 77.6 Å². The van der Waals surface area contributed by atoms with Crippen molar-refractivity contribution in [3.63, 3.8) is 0 Å². The normalized spacial score (nSPS) is 12.0. The maximum Gasteiger partial charge on any atom is 0.304 e. The van der Waals surface area contributed by atoms with Crippen LogP contribution in [0.15, 0.2) is 36.5 Å². The lowest BCUT2D eigenvalue weighted by Crippen LogP contribution is -1.96. The lowest BCUT2D eigenvalue weighted by atomic mass is 10.1. The van der Waals surface area contributed by atoms with Crippen LogP contribution in [0.1, 0.15) is 77.6 Å². The van der Waals surface area contributed by atoms with E-state index in [1.165, 1.54) is 44.9 Å². The number of carboxylic acids is 1. The number of rotatable bonds is 17. The number of aliphatic carboxylic acids is 1. The van der Waals surface area contributed by atoms with Crippen LogP contribution in [0.3, 0.4) is 0 Å². The Bertz CT molecular complexity index is 359. The van der Waals surface area contributed by atoms with Gasteiger partial charge in [-0.1, -0.05) is 69.1 Å². The van der Waals surface area contributed by atoms with Gasteiger partial charge in [0.2, 0.25) is 0 Å². The predicted octanol–water partition coefficient (Wildman–Crippen LogP) is 6.78. The molecule has 2 nitrogen and oxygen atoms in total. The Kier molecular flexibility index (Phi) is 19.3. The topological polar surface area (TPSA) is 37.3 Å². The molecule has 0 saturated carbocycles. The second-order valence-electron chi connectivity index (χ2n) is 5.96. The van der Waals surface area contributed by atoms with E-state index in [2.05, 4.69) is 43.4 Å². The summed E-state index contributed by atoms with van der Waals surface area (Å²) in [4.78, 5) is 10.4. The molecule has 0 fully saturated rings. The third-order valence-corrected chi connectivity index (χ3v) is 4.72. The summed E-state index contributed by atoms with van der Waals surface area (Å²) in [6.07, 6.45) is 26.0. The summed E-state index contributed by atoms with van der Waals surface area (Å²) in [7, 11) is 0. The van der Waals surface area contributed by atoms with Gasteiger partial charge in [0.1, 0.15) is 0 Å². The van der Waals surface area contributed by atoms with Gasteiger partial charge in [-0.25, -0.2) is 0 Å². The summed E-state index contributed by atoms with van der Waals surface area (Å²) in [5.74, 6) is 1.18. The number of carbonyl (C=O) groups is 1. The molecule has 0 saturated heterocycles. The summed E-state index contributed by atoms with van der Waals surface area (Å²) >= 11 is 1.77. The highest BCUT2D eigenvalue weighted by Gasteiger charge is 1.96. The molecule has 3 heteroatoms. The van der Waals surface area contributed by atoms with E-state index in [1.807, 2.05) is 0 Å². The minimum Gasteiger partial charge on any atom is -0.481 e. The Morgan fingerprint density at radius 2 is 1.38 bits per heavy atom. The molecule has 1 N–H and O–H groups in total. The fourth-order valence-corrected chi connectivity index (χ4v) is 3.19. The van der Waals surface area contributed by atoms with Gasteiger partial charge >= 0.3 is 5.97 Å². The SMILES string of the molecule is CC/C=C/C/C=C/C/C=C/CCCCCCCCSCCC(=O)O. The van der Waals surface area contributed by atoms with Crippen LogP contribution < -0.4 is 0 Å². The van der Waals surface area contributed by atoms with E-state index in [0.29, 0.717) is 6.42 Å². The standard InChI is InChI=1S/C21H36O2S/c1-2-3-4-5-6-7-8-9-10-11-12-13-14-15-16-17-19-24-20-18-21(22)23/h3-4,6-7,9-10H,2,5,8,11-20H2,1H3,(H,22,23)/b4-3+,7-6+,10-9+. The predicted molar refractivity (Wildman–Crippen MR) is 109 cm³/mol.